The number of amides is 1. The molecule has 1 atom stereocenters. The van der Waals surface area contributed by atoms with Gasteiger partial charge in [0.05, 0.1) is 0 Å². The smallest absolute Gasteiger partial charge is 0.267 e. The summed E-state index contributed by atoms with van der Waals surface area (Å²) < 4.78 is 28.3. The number of hydrogen-bond donors (Lipinski definition) is 2. The summed E-state index contributed by atoms with van der Waals surface area (Å²) in [4.78, 5) is 11.8. The monoisotopic (exact) mass is 336 g/mol. The van der Waals surface area contributed by atoms with Crippen LogP contribution >= 0.6 is 12.4 Å². The Morgan fingerprint density at radius 1 is 1.48 bits per heavy atom. The van der Waals surface area contributed by atoms with Crippen LogP contribution in [0.15, 0.2) is 17.2 Å². The van der Waals surface area contributed by atoms with E-state index in [0.29, 0.717) is 25.3 Å². The van der Waals surface area contributed by atoms with E-state index in [2.05, 4.69) is 10.6 Å². The number of hydrogen-bond acceptors (Lipinski definition) is 4. The molecule has 0 saturated carbocycles. The van der Waals surface area contributed by atoms with Gasteiger partial charge in [0.2, 0.25) is 10.0 Å². The Bertz CT molecular complexity index is 614. The third kappa shape index (κ3) is 3.39. The molecule has 0 bridgehead atoms. The maximum Gasteiger partial charge on any atom is 0.267 e. The van der Waals surface area contributed by atoms with Crippen molar-refractivity contribution in [1.82, 2.24) is 19.5 Å². The highest BCUT2D eigenvalue weighted by Crippen LogP contribution is 2.21. The minimum absolute atomic E-state index is 0. The number of nitrogens with one attached hydrogen (secondary N) is 2. The van der Waals surface area contributed by atoms with Crippen molar-refractivity contribution >= 4 is 28.3 Å². The lowest BCUT2D eigenvalue weighted by molar-refractivity contribution is 0.0955. The van der Waals surface area contributed by atoms with Crippen molar-refractivity contribution in [2.24, 2.45) is 7.05 Å². The molecule has 0 radical (unpaired) electrons. The van der Waals surface area contributed by atoms with Crippen LogP contribution in [0.2, 0.25) is 0 Å². The minimum Gasteiger partial charge on any atom is -0.354 e. The van der Waals surface area contributed by atoms with Gasteiger partial charge in [0.1, 0.15) is 10.6 Å². The molecule has 1 fully saturated rings. The first-order chi connectivity index (χ1) is 9.37. The van der Waals surface area contributed by atoms with Crippen LogP contribution in [0.4, 0.5) is 0 Å². The fourth-order valence-electron chi connectivity index (χ4n) is 2.34. The molecule has 1 saturated heterocycles. The van der Waals surface area contributed by atoms with E-state index in [1.807, 2.05) is 6.92 Å². The summed E-state index contributed by atoms with van der Waals surface area (Å²) in [5.41, 5.74) is 0.328. The summed E-state index contributed by atoms with van der Waals surface area (Å²) in [5, 5.41) is 5.65. The molecule has 0 unspecified atom stereocenters. The molecule has 2 N–H and O–H groups in total. The van der Waals surface area contributed by atoms with Crippen LogP contribution in [0.1, 0.15) is 17.4 Å². The Morgan fingerprint density at radius 2 is 2.14 bits per heavy atom. The summed E-state index contributed by atoms with van der Waals surface area (Å²) in [7, 11) is -0.389. The third-order valence-electron chi connectivity index (χ3n) is 3.49. The number of aryl methyl sites for hydroxylation is 1. The number of sulfonamides is 1. The Balaban J connectivity index is 0.00000220. The first-order valence-electron chi connectivity index (χ1n) is 6.49. The quantitative estimate of drug-likeness (QED) is 0.800. The fraction of sp³-hybridized carbons (Fsp3) is 0.583. The summed E-state index contributed by atoms with van der Waals surface area (Å²) >= 11 is 0. The molecule has 2 heterocycles. The predicted octanol–water partition coefficient (Wildman–Crippen LogP) is -0.211. The molecule has 7 nitrogen and oxygen atoms in total. The molecule has 1 amide bonds. The number of halogens is 1. The molecule has 0 aromatic carbocycles. The van der Waals surface area contributed by atoms with Gasteiger partial charge in [-0.15, -0.1) is 12.4 Å². The number of piperazine rings is 1. The Labute approximate surface area is 131 Å². The lowest BCUT2D eigenvalue weighted by Gasteiger charge is -2.32. The number of nitrogens with zero attached hydrogens (tertiary/aromatic N) is 2. The molecular formula is C12H21ClN4O3S. The molecule has 1 aliphatic heterocycles. The van der Waals surface area contributed by atoms with E-state index in [-0.39, 0.29) is 29.3 Å². The van der Waals surface area contributed by atoms with E-state index >= 15 is 0 Å². The van der Waals surface area contributed by atoms with Crippen molar-refractivity contribution in [3.63, 3.8) is 0 Å². The highest BCUT2D eigenvalue weighted by atomic mass is 35.5. The molecule has 0 aliphatic carbocycles. The Kier molecular flexibility index (Phi) is 5.80. The second kappa shape index (κ2) is 6.78. The van der Waals surface area contributed by atoms with Crippen LogP contribution in [-0.4, -0.2) is 55.9 Å². The van der Waals surface area contributed by atoms with Crippen molar-refractivity contribution in [1.29, 1.82) is 0 Å². The number of carbonyl (C=O) groups excluding carboxylic acids is 1. The van der Waals surface area contributed by atoms with Crippen molar-refractivity contribution in [3.8, 4) is 0 Å². The number of carbonyl (C=O) groups is 1. The molecular weight excluding hydrogens is 316 g/mol. The average molecular weight is 337 g/mol. The van der Waals surface area contributed by atoms with Crippen molar-refractivity contribution in [2.75, 3.05) is 26.7 Å². The summed E-state index contributed by atoms with van der Waals surface area (Å²) in [5.74, 6) is -0.303. The Morgan fingerprint density at radius 3 is 2.71 bits per heavy atom. The second-order valence-corrected chi connectivity index (χ2v) is 6.81. The van der Waals surface area contributed by atoms with Gasteiger partial charge in [-0.1, -0.05) is 0 Å². The van der Waals surface area contributed by atoms with Gasteiger partial charge in [0, 0.05) is 46.0 Å². The third-order valence-corrected chi connectivity index (χ3v) is 5.47. The molecule has 9 heteroatoms. The van der Waals surface area contributed by atoms with Gasteiger partial charge in [0.25, 0.3) is 5.91 Å². The van der Waals surface area contributed by atoms with E-state index in [9.17, 15) is 13.2 Å². The topological polar surface area (TPSA) is 83.4 Å². The number of rotatable bonds is 3. The molecule has 1 aliphatic rings. The SMILES string of the molecule is CNC(=O)c1cc(S(=O)(=O)N2CCNC[C@H]2C)cn1C.Cl. The second-order valence-electron chi connectivity index (χ2n) is 4.92. The van der Waals surface area contributed by atoms with Gasteiger partial charge in [-0.3, -0.25) is 4.79 Å². The molecule has 1 aromatic heterocycles. The zero-order valence-corrected chi connectivity index (χ0v) is 13.9. The van der Waals surface area contributed by atoms with Crippen molar-refractivity contribution in [2.45, 2.75) is 17.9 Å². The summed E-state index contributed by atoms with van der Waals surface area (Å²) in [6.07, 6.45) is 1.48. The highest BCUT2D eigenvalue weighted by Gasteiger charge is 2.32. The van der Waals surface area contributed by atoms with Crippen LogP contribution in [0, 0.1) is 0 Å². The van der Waals surface area contributed by atoms with Crippen LogP contribution in [-0.2, 0) is 17.1 Å². The zero-order valence-electron chi connectivity index (χ0n) is 12.3. The first kappa shape index (κ1) is 18.0. The molecule has 0 spiro atoms. The van der Waals surface area contributed by atoms with Gasteiger partial charge in [-0.25, -0.2) is 8.42 Å². The molecule has 21 heavy (non-hydrogen) atoms. The van der Waals surface area contributed by atoms with Gasteiger partial charge < -0.3 is 15.2 Å². The lowest BCUT2D eigenvalue weighted by atomic mass is 10.3. The highest BCUT2D eigenvalue weighted by molar-refractivity contribution is 7.89. The molecule has 1 aromatic rings. The lowest BCUT2D eigenvalue weighted by Crippen LogP contribution is -2.52. The first-order valence-corrected chi connectivity index (χ1v) is 7.93. The van der Waals surface area contributed by atoms with E-state index in [1.54, 1.807) is 7.05 Å². The van der Waals surface area contributed by atoms with Gasteiger partial charge in [0.15, 0.2) is 0 Å². The number of aromatic nitrogens is 1. The standard InChI is InChI=1S/C12H20N4O3S.ClH/c1-9-7-14-4-5-16(9)20(18,19)10-6-11(12(17)13-2)15(3)8-10;/h6,8-9,14H,4-5,7H2,1-3H3,(H,13,17);1H/t9-;/m1./s1. The van der Waals surface area contributed by atoms with Crippen molar-refractivity contribution < 1.29 is 13.2 Å². The molecule has 2 rings (SSSR count). The van der Waals surface area contributed by atoms with E-state index in [0.717, 1.165) is 0 Å². The predicted molar refractivity (Wildman–Crippen MR) is 82.3 cm³/mol. The van der Waals surface area contributed by atoms with Crippen molar-refractivity contribution in [3.05, 3.63) is 18.0 Å². The zero-order chi connectivity index (χ0) is 14.9. The van der Waals surface area contributed by atoms with Crippen LogP contribution < -0.4 is 10.6 Å². The summed E-state index contributed by atoms with van der Waals surface area (Å²) in [6, 6.07) is 1.32. The normalized spacial score (nSPS) is 19.9. The average Bonchev–Trinajstić information content (AvgIpc) is 2.81. The van der Waals surface area contributed by atoms with E-state index in [1.165, 1.54) is 28.2 Å². The Hall–Kier alpha value is -1.09. The van der Waals surface area contributed by atoms with E-state index < -0.39 is 10.0 Å². The maximum absolute atomic E-state index is 12.6. The van der Waals surface area contributed by atoms with Gasteiger partial charge in [-0.05, 0) is 13.0 Å². The fourth-order valence-corrected chi connectivity index (χ4v) is 4.05. The van der Waals surface area contributed by atoms with Crippen LogP contribution in [0.25, 0.3) is 0 Å². The van der Waals surface area contributed by atoms with Gasteiger partial charge in [-0.2, -0.15) is 4.31 Å². The molecule has 120 valence electrons. The van der Waals surface area contributed by atoms with E-state index in [4.69, 9.17) is 0 Å². The largest absolute Gasteiger partial charge is 0.354 e. The van der Waals surface area contributed by atoms with Gasteiger partial charge >= 0.3 is 0 Å². The minimum atomic E-state index is -3.56. The summed E-state index contributed by atoms with van der Waals surface area (Å²) in [6.45, 7) is 3.58. The maximum atomic E-state index is 12.6. The van der Waals surface area contributed by atoms with Crippen LogP contribution in [0.3, 0.4) is 0 Å². The van der Waals surface area contributed by atoms with Crippen LogP contribution in [0.5, 0.6) is 0 Å².